The van der Waals surface area contributed by atoms with Crippen molar-refractivity contribution in [3.8, 4) is 22.5 Å². The fraction of sp³-hybridized carbons (Fsp3) is 0.148. The fourth-order valence-electron chi connectivity index (χ4n) is 4.74. The van der Waals surface area contributed by atoms with Gasteiger partial charge in [0.05, 0.1) is 34.0 Å². The smallest absolute Gasteiger partial charge is 0.306 e. The number of hydrogen-bond donors (Lipinski definition) is 2. The molecule has 2 aromatic carbocycles. The lowest BCUT2D eigenvalue weighted by Crippen LogP contribution is -2.29. The molecule has 0 radical (unpaired) electrons. The Bertz CT molecular complexity index is 1520. The second kappa shape index (κ2) is 7.45. The van der Waals surface area contributed by atoms with Crippen LogP contribution in [0.1, 0.15) is 24.6 Å². The average molecular weight is 434 g/mol. The van der Waals surface area contributed by atoms with Crippen LogP contribution in [0, 0.1) is 5.92 Å². The van der Waals surface area contributed by atoms with Gasteiger partial charge in [-0.3, -0.25) is 4.79 Å². The summed E-state index contributed by atoms with van der Waals surface area (Å²) in [6.07, 6.45) is 3.16. The molecule has 6 rings (SSSR count). The third-order valence-electron chi connectivity index (χ3n) is 6.61. The molecule has 162 valence electrons. The molecule has 5 aromatic rings. The van der Waals surface area contributed by atoms with Gasteiger partial charge in [-0.2, -0.15) is 0 Å². The molecule has 0 aliphatic heterocycles. The Labute approximate surface area is 190 Å². The molecule has 0 bridgehead atoms. The molecule has 1 aliphatic carbocycles. The number of rotatable bonds is 4. The molecule has 6 nitrogen and oxygen atoms in total. The first-order valence-corrected chi connectivity index (χ1v) is 11.0. The van der Waals surface area contributed by atoms with Crippen molar-refractivity contribution < 1.29 is 9.90 Å². The topological polar surface area (TPSA) is 93.5 Å². The van der Waals surface area contributed by atoms with Crippen LogP contribution in [-0.4, -0.2) is 25.4 Å². The van der Waals surface area contributed by atoms with Gasteiger partial charge in [0, 0.05) is 28.6 Å². The molecule has 6 heteroatoms. The van der Waals surface area contributed by atoms with Gasteiger partial charge in [-0.25, -0.2) is 9.97 Å². The van der Waals surface area contributed by atoms with Crippen LogP contribution in [0.15, 0.2) is 79.0 Å². The predicted octanol–water partition coefficient (Wildman–Crippen LogP) is 5.38. The molecule has 1 saturated carbocycles. The SMILES string of the molecule is Nc1cccn2c1c(-c1ccc3ccc(-c4ccccc4)nc3c1)nc2[C@H]1C[C@@H](C(=O)O)C1. The van der Waals surface area contributed by atoms with Crippen molar-refractivity contribution in [1.82, 2.24) is 14.4 Å². The quantitative estimate of drug-likeness (QED) is 0.396. The lowest BCUT2D eigenvalue weighted by molar-refractivity contribution is -0.145. The minimum atomic E-state index is -0.735. The number of benzene rings is 2. The number of imidazole rings is 1. The Kier molecular flexibility index (Phi) is 4.40. The number of anilines is 1. The molecular weight excluding hydrogens is 412 g/mol. The first-order valence-electron chi connectivity index (χ1n) is 11.0. The number of hydrogen-bond acceptors (Lipinski definition) is 4. The van der Waals surface area contributed by atoms with Crippen molar-refractivity contribution in [2.24, 2.45) is 5.92 Å². The van der Waals surface area contributed by atoms with Crippen LogP contribution in [0.3, 0.4) is 0 Å². The molecule has 0 unspecified atom stereocenters. The number of aliphatic carboxylic acids is 1. The monoisotopic (exact) mass is 434 g/mol. The number of pyridine rings is 2. The molecule has 3 N–H and O–H groups in total. The first-order chi connectivity index (χ1) is 16.1. The van der Waals surface area contributed by atoms with Crippen LogP contribution in [0.4, 0.5) is 5.69 Å². The highest BCUT2D eigenvalue weighted by Gasteiger charge is 2.38. The van der Waals surface area contributed by atoms with Crippen LogP contribution >= 0.6 is 0 Å². The zero-order valence-corrected chi connectivity index (χ0v) is 17.8. The van der Waals surface area contributed by atoms with E-state index >= 15 is 0 Å². The molecule has 3 heterocycles. The maximum Gasteiger partial charge on any atom is 0.306 e. The number of carbonyl (C=O) groups is 1. The highest BCUT2D eigenvalue weighted by molar-refractivity contribution is 5.92. The maximum atomic E-state index is 11.3. The van der Waals surface area contributed by atoms with Crippen molar-refractivity contribution >= 4 is 28.1 Å². The summed E-state index contributed by atoms with van der Waals surface area (Å²) in [7, 11) is 0. The van der Waals surface area contributed by atoms with Crippen LogP contribution in [-0.2, 0) is 4.79 Å². The van der Waals surface area contributed by atoms with Crippen LogP contribution < -0.4 is 5.73 Å². The van der Waals surface area contributed by atoms with Crippen molar-refractivity contribution in [1.29, 1.82) is 0 Å². The second-order valence-corrected chi connectivity index (χ2v) is 8.67. The van der Waals surface area contributed by atoms with E-state index in [1.807, 2.05) is 53.1 Å². The third-order valence-corrected chi connectivity index (χ3v) is 6.61. The summed E-state index contributed by atoms with van der Waals surface area (Å²) in [5, 5.41) is 10.3. The van der Waals surface area contributed by atoms with E-state index in [1.165, 1.54) is 0 Å². The van der Waals surface area contributed by atoms with E-state index in [4.69, 9.17) is 15.7 Å². The van der Waals surface area contributed by atoms with Crippen molar-refractivity contribution in [2.45, 2.75) is 18.8 Å². The first kappa shape index (κ1) is 19.5. The zero-order valence-electron chi connectivity index (χ0n) is 17.8. The second-order valence-electron chi connectivity index (χ2n) is 8.67. The van der Waals surface area contributed by atoms with E-state index in [0.29, 0.717) is 18.5 Å². The summed E-state index contributed by atoms with van der Waals surface area (Å²) in [6.45, 7) is 0. The molecule has 0 amide bonds. The average Bonchev–Trinajstić information content (AvgIpc) is 3.18. The van der Waals surface area contributed by atoms with Gasteiger partial charge in [0.15, 0.2) is 0 Å². The van der Waals surface area contributed by atoms with Gasteiger partial charge in [0.1, 0.15) is 5.82 Å². The van der Waals surface area contributed by atoms with Crippen LogP contribution in [0.2, 0.25) is 0 Å². The lowest BCUT2D eigenvalue weighted by atomic mass is 9.74. The lowest BCUT2D eigenvalue weighted by Gasteiger charge is -2.31. The Hall–Kier alpha value is -4.19. The molecule has 0 atom stereocenters. The highest BCUT2D eigenvalue weighted by atomic mass is 16.4. The number of fused-ring (bicyclic) bond motifs is 2. The molecule has 1 aliphatic rings. The maximum absolute atomic E-state index is 11.3. The van der Waals surface area contributed by atoms with Crippen molar-refractivity contribution in [2.75, 3.05) is 5.73 Å². The molecule has 0 saturated heterocycles. The summed E-state index contributed by atoms with van der Waals surface area (Å²) < 4.78 is 2.02. The van der Waals surface area contributed by atoms with E-state index in [-0.39, 0.29) is 11.8 Å². The van der Waals surface area contributed by atoms with Gasteiger partial charge in [0.2, 0.25) is 0 Å². The van der Waals surface area contributed by atoms with E-state index in [9.17, 15) is 9.90 Å². The third kappa shape index (κ3) is 3.22. The fourth-order valence-corrected chi connectivity index (χ4v) is 4.74. The minimum absolute atomic E-state index is 0.109. The molecule has 1 fully saturated rings. The van der Waals surface area contributed by atoms with Crippen molar-refractivity contribution in [3.63, 3.8) is 0 Å². The Morgan fingerprint density at radius 1 is 0.939 bits per heavy atom. The Morgan fingerprint density at radius 3 is 2.52 bits per heavy atom. The summed E-state index contributed by atoms with van der Waals surface area (Å²) in [5.41, 5.74) is 12.5. The standard InChI is InChI=1S/C27H22N4O2/c28-21-7-4-12-31-25(21)24(30-26(31)19-13-20(14-19)27(32)33)18-9-8-17-10-11-22(29-23(17)15-18)16-5-2-1-3-6-16/h1-12,15,19-20H,13-14,28H2,(H,32,33)/t19-,20+. The van der Waals surface area contributed by atoms with Gasteiger partial charge in [-0.1, -0.05) is 48.5 Å². The van der Waals surface area contributed by atoms with Crippen molar-refractivity contribution in [3.05, 3.63) is 84.8 Å². The molecular formula is C27H22N4O2. The number of aromatic nitrogens is 3. The zero-order chi connectivity index (χ0) is 22.5. The van der Waals surface area contributed by atoms with E-state index in [0.717, 1.165) is 44.8 Å². The largest absolute Gasteiger partial charge is 0.481 e. The van der Waals surface area contributed by atoms with Gasteiger partial charge in [0.25, 0.3) is 0 Å². The van der Waals surface area contributed by atoms with Gasteiger partial charge >= 0.3 is 5.97 Å². The number of nitrogen functional groups attached to an aromatic ring is 1. The minimum Gasteiger partial charge on any atom is -0.481 e. The Balaban J connectivity index is 1.47. The summed E-state index contributed by atoms with van der Waals surface area (Å²) in [5.74, 6) is -0.0527. The summed E-state index contributed by atoms with van der Waals surface area (Å²) >= 11 is 0. The molecule has 33 heavy (non-hydrogen) atoms. The van der Waals surface area contributed by atoms with Crippen LogP contribution in [0.5, 0.6) is 0 Å². The van der Waals surface area contributed by atoms with Gasteiger partial charge in [-0.05, 0) is 37.1 Å². The number of carboxylic acids is 1. The predicted molar refractivity (Wildman–Crippen MR) is 129 cm³/mol. The molecule has 0 spiro atoms. The number of nitrogens with two attached hydrogens (primary N) is 1. The van der Waals surface area contributed by atoms with E-state index < -0.39 is 5.97 Å². The van der Waals surface area contributed by atoms with Gasteiger partial charge in [-0.15, -0.1) is 0 Å². The number of carboxylic acid groups (broad SMARTS) is 1. The normalized spacial score (nSPS) is 17.8. The summed E-state index contributed by atoms with van der Waals surface area (Å²) in [6, 6.07) is 24.2. The number of nitrogens with zero attached hydrogens (tertiary/aromatic N) is 3. The van der Waals surface area contributed by atoms with E-state index in [2.05, 4.69) is 30.3 Å². The molecule has 3 aromatic heterocycles. The van der Waals surface area contributed by atoms with E-state index in [1.54, 1.807) is 0 Å². The highest BCUT2D eigenvalue weighted by Crippen LogP contribution is 2.43. The Morgan fingerprint density at radius 2 is 1.73 bits per heavy atom. The van der Waals surface area contributed by atoms with Gasteiger partial charge < -0.3 is 15.2 Å². The van der Waals surface area contributed by atoms with Crippen LogP contribution in [0.25, 0.3) is 38.9 Å². The summed E-state index contributed by atoms with van der Waals surface area (Å²) in [4.78, 5) is 21.2.